The highest BCUT2D eigenvalue weighted by atomic mass is 28.3. The molecule has 4 aliphatic rings. The lowest BCUT2D eigenvalue weighted by Crippen LogP contribution is -2.38. The van der Waals surface area contributed by atoms with E-state index >= 15 is 0 Å². The highest BCUT2D eigenvalue weighted by Crippen LogP contribution is 2.53. The van der Waals surface area contributed by atoms with E-state index in [1.807, 2.05) is 30.3 Å². The Balaban J connectivity index is 1.04. The molecule has 0 amide bonds. The van der Waals surface area contributed by atoms with Crippen molar-refractivity contribution in [1.29, 1.82) is 10.5 Å². The molecule has 0 spiro atoms. The van der Waals surface area contributed by atoms with Gasteiger partial charge in [0.25, 0.3) is 0 Å². The van der Waals surface area contributed by atoms with Gasteiger partial charge in [-0.1, -0.05) is 263 Å². The van der Waals surface area contributed by atoms with E-state index < -0.39 is 32.3 Å². The molecule has 4 nitrogen and oxygen atoms in total. The Kier molecular flexibility index (Phi) is 15.0. The van der Waals surface area contributed by atoms with E-state index in [4.69, 9.17) is 0 Å². The van der Waals surface area contributed by atoms with Gasteiger partial charge in [0.15, 0.2) is 0 Å². The number of allylic oxidation sites excluding steroid dienone is 10. The summed E-state index contributed by atoms with van der Waals surface area (Å²) in [6.07, 6.45) is 18.7. The summed E-state index contributed by atoms with van der Waals surface area (Å²) in [5.74, 6) is -0.0902. The van der Waals surface area contributed by atoms with Crippen molar-refractivity contribution in [3.63, 3.8) is 0 Å². The van der Waals surface area contributed by atoms with Crippen LogP contribution >= 0.6 is 0 Å². The van der Waals surface area contributed by atoms with Gasteiger partial charge in [-0.25, -0.2) is 0 Å². The molecule has 86 heavy (non-hydrogen) atoms. The molecule has 0 fully saturated rings. The summed E-state index contributed by atoms with van der Waals surface area (Å²) >= 11 is 0. The molecule has 0 heterocycles. The fraction of sp³-hybridized carbons (Fsp3) is 0.179. The van der Waals surface area contributed by atoms with Crippen LogP contribution in [0.5, 0.6) is 0 Å². The molecule has 0 aliphatic heterocycles. The Labute approximate surface area is 515 Å². The molecule has 0 bridgehead atoms. The molecule has 424 valence electrons. The average molecular weight is 1180 g/mol. The van der Waals surface area contributed by atoms with Gasteiger partial charge in [-0.15, -0.1) is 0 Å². The summed E-state index contributed by atoms with van der Waals surface area (Å²) < 4.78 is 0. The lowest BCUT2D eigenvalue weighted by molar-refractivity contribution is 0.773. The molecule has 2 unspecified atom stereocenters. The SMILES string of the molecule is C[Si](C)(C)c1cccc(-c2ccc(N(C3=C4C=CC5=C6C(=CC=C(C=C3)C46)C(N(c3cccc(C#N)c3)c3ccc(-c4cccc([Si](C)(C)C)c4)cc3-c3cccc([Si](C)(C)C)c3)C=C5)c3cccc(C#N)c3)c(-c3cccc([Si](C)(C)C)c3)c2)c1. The van der Waals surface area contributed by atoms with Gasteiger partial charge in [-0.2, -0.15) is 10.5 Å². The van der Waals surface area contributed by atoms with Crippen LogP contribution in [0.4, 0.5) is 22.7 Å². The summed E-state index contributed by atoms with van der Waals surface area (Å²) in [6.45, 7) is 29.0. The van der Waals surface area contributed by atoms with Crippen LogP contribution in [0.25, 0.3) is 44.5 Å². The van der Waals surface area contributed by atoms with Crippen LogP contribution in [-0.4, -0.2) is 38.3 Å². The van der Waals surface area contributed by atoms with Gasteiger partial charge in [-0.3, -0.25) is 0 Å². The molecular weight excluding hydrogens is 1110 g/mol. The summed E-state index contributed by atoms with van der Waals surface area (Å²) in [6, 6.07) is 72.0. The zero-order valence-electron chi connectivity index (χ0n) is 51.9. The minimum Gasteiger partial charge on any atom is -0.330 e. The lowest BCUT2D eigenvalue weighted by atomic mass is 9.67. The normalized spacial score (nSPS) is 16.3. The summed E-state index contributed by atoms with van der Waals surface area (Å²) in [5, 5.41) is 26.8. The minimum absolute atomic E-state index is 0.0902. The first kappa shape index (κ1) is 57.8. The first-order valence-electron chi connectivity index (χ1n) is 30.3. The van der Waals surface area contributed by atoms with Crippen LogP contribution in [0, 0.1) is 28.6 Å². The number of hydrogen-bond donors (Lipinski definition) is 0. The highest BCUT2D eigenvalue weighted by molar-refractivity contribution is 6.90. The van der Waals surface area contributed by atoms with Crippen LogP contribution in [0.1, 0.15) is 11.1 Å². The van der Waals surface area contributed by atoms with Crippen molar-refractivity contribution in [2.75, 3.05) is 9.80 Å². The van der Waals surface area contributed by atoms with Crippen LogP contribution in [0.3, 0.4) is 0 Å². The van der Waals surface area contributed by atoms with Crippen LogP contribution in [0.2, 0.25) is 78.6 Å². The van der Waals surface area contributed by atoms with E-state index in [1.54, 1.807) is 0 Å². The topological polar surface area (TPSA) is 54.1 Å². The Morgan fingerprint density at radius 1 is 0.395 bits per heavy atom. The van der Waals surface area contributed by atoms with Crippen molar-refractivity contribution in [2.45, 2.75) is 84.6 Å². The molecule has 0 saturated carbocycles. The smallest absolute Gasteiger partial charge is 0.0992 e. The van der Waals surface area contributed by atoms with Gasteiger partial charge in [-0.05, 0) is 128 Å². The quantitative estimate of drug-likeness (QED) is 0.102. The van der Waals surface area contributed by atoms with E-state index in [0.717, 1.165) is 39.6 Å². The average Bonchev–Trinajstić information content (AvgIpc) is 0.886. The molecule has 0 N–H and O–H groups in total. The molecule has 8 aromatic rings. The second kappa shape index (κ2) is 22.3. The Bertz CT molecular complexity index is 4390. The molecule has 8 aromatic carbocycles. The third-order valence-electron chi connectivity index (χ3n) is 17.7. The van der Waals surface area contributed by atoms with E-state index in [-0.39, 0.29) is 12.0 Å². The molecular formula is C78H76N4Si4. The monoisotopic (exact) mass is 1180 g/mol. The first-order chi connectivity index (χ1) is 41.0. The maximum absolute atomic E-state index is 10.5. The van der Waals surface area contributed by atoms with Crippen molar-refractivity contribution >= 4 is 75.8 Å². The molecule has 8 heteroatoms. The number of benzene rings is 8. The van der Waals surface area contributed by atoms with E-state index in [1.165, 1.54) is 82.0 Å². The zero-order valence-corrected chi connectivity index (χ0v) is 55.9. The van der Waals surface area contributed by atoms with E-state index in [2.05, 4.69) is 301 Å². The van der Waals surface area contributed by atoms with Gasteiger partial charge < -0.3 is 9.80 Å². The van der Waals surface area contributed by atoms with Crippen LogP contribution < -0.4 is 30.5 Å². The summed E-state index contributed by atoms with van der Waals surface area (Å²) in [4.78, 5) is 4.92. The first-order valence-corrected chi connectivity index (χ1v) is 44.3. The zero-order chi connectivity index (χ0) is 60.5. The fourth-order valence-corrected chi connectivity index (χ4v) is 17.5. The van der Waals surface area contributed by atoms with Crippen molar-refractivity contribution in [3.05, 3.63) is 275 Å². The Morgan fingerprint density at radius 2 is 0.849 bits per heavy atom. The van der Waals surface area contributed by atoms with Gasteiger partial charge in [0, 0.05) is 34.1 Å². The second-order valence-electron chi connectivity index (χ2n) is 27.7. The fourth-order valence-electron chi connectivity index (χ4n) is 12.8. The Morgan fingerprint density at radius 3 is 1.37 bits per heavy atom. The number of anilines is 4. The number of rotatable bonds is 14. The maximum Gasteiger partial charge on any atom is 0.0992 e. The standard InChI is InChI=1S/C78H76N4Si4/c1-83(2,3)65-27-15-21-57(45-65)59-35-41-75(71(49-59)61-23-17-29-67(47-61)85(7,8)9)81(63-25-13-19-53(43-63)51-79)73-39-33-55-32-38-70-74(40-34-56-31-37-69(73)77(55)78(56)70)82(64-26-14-20-54(44-64)52-80)76-42-36-60(58-22-16-28-66(46-58)84(4,5)6)50-72(76)62-24-18-30-68(48-62)86(10,11)12/h13-50,73,78H,1-12H3. The van der Waals surface area contributed by atoms with Crippen molar-refractivity contribution < 1.29 is 0 Å². The van der Waals surface area contributed by atoms with Gasteiger partial charge in [0.1, 0.15) is 0 Å². The van der Waals surface area contributed by atoms with Gasteiger partial charge in [0.05, 0.1) is 73.0 Å². The predicted molar refractivity (Wildman–Crippen MR) is 378 cm³/mol. The molecule has 2 atom stereocenters. The van der Waals surface area contributed by atoms with Crippen LogP contribution in [-0.2, 0) is 0 Å². The van der Waals surface area contributed by atoms with Gasteiger partial charge >= 0.3 is 0 Å². The lowest BCUT2D eigenvalue weighted by Gasteiger charge is -2.44. The summed E-state index contributed by atoms with van der Waals surface area (Å²) in [7, 11) is -6.70. The van der Waals surface area contributed by atoms with Crippen LogP contribution in [0.15, 0.2) is 264 Å². The molecule has 0 saturated heterocycles. The van der Waals surface area contributed by atoms with Crippen molar-refractivity contribution in [2.24, 2.45) is 5.92 Å². The van der Waals surface area contributed by atoms with E-state index in [0.29, 0.717) is 11.1 Å². The number of nitriles is 2. The molecule has 12 rings (SSSR count). The van der Waals surface area contributed by atoms with Gasteiger partial charge in [0.2, 0.25) is 0 Å². The summed E-state index contributed by atoms with van der Waals surface area (Å²) in [5.41, 5.74) is 21.8. The molecule has 4 aliphatic carbocycles. The Hall–Kier alpha value is -8.61. The predicted octanol–water partition coefficient (Wildman–Crippen LogP) is 18.4. The largest absolute Gasteiger partial charge is 0.330 e. The minimum atomic E-state index is -1.73. The third kappa shape index (κ3) is 11.2. The van der Waals surface area contributed by atoms with Crippen molar-refractivity contribution in [1.82, 2.24) is 0 Å². The molecule has 0 radical (unpaired) electrons. The van der Waals surface area contributed by atoms with Crippen molar-refractivity contribution in [3.8, 4) is 56.6 Å². The molecule has 0 aromatic heterocycles. The number of hydrogen-bond acceptors (Lipinski definition) is 4. The third-order valence-corrected chi connectivity index (χ3v) is 25.8. The highest BCUT2D eigenvalue weighted by Gasteiger charge is 2.41. The van der Waals surface area contributed by atoms with E-state index in [9.17, 15) is 10.5 Å². The second-order valence-corrected chi connectivity index (χ2v) is 48.0. The number of nitrogens with zero attached hydrogens (tertiary/aromatic N) is 4. The maximum atomic E-state index is 10.5.